The average molecular weight is 359 g/mol. The molecule has 1 aromatic carbocycles. The van der Waals surface area contributed by atoms with Crippen LogP contribution in [-0.4, -0.2) is 47.0 Å². The summed E-state index contributed by atoms with van der Waals surface area (Å²) in [6, 6.07) is 6.72. The number of carbonyl (C=O) groups excluding carboxylic acids is 2. The van der Waals surface area contributed by atoms with Crippen molar-refractivity contribution in [3.8, 4) is 0 Å². The van der Waals surface area contributed by atoms with Crippen LogP contribution >= 0.6 is 0 Å². The number of carboxylic acids is 1. The number of carbonyl (C=O) groups is 3. The fourth-order valence-corrected chi connectivity index (χ4v) is 3.57. The number of amides is 3. The third-order valence-electron chi connectivity index (χ3n) is 5.16. The Morgan fingerprint density at radius 1 is 1.00 bits per heavy atom. The normalized spacial score (nSPS) is 20.6. The van der Waals surface area contributed by atoms with E-state index in [1.807, 2.05) is 0 Å². The van der Waals surface area contributed by atoms with Gasteiger partial charge >= 0.3 is 12.0 Å². The lowest BCUT2D eigenvalue weighted by Gasteiger charge is -2.22. The van der Waals surface area contributed by atoms with Crippen molar-refractivity contribution in [1.29, 1.82) is 0 Å². The summed E-state index contributed by atoms with van der Waals surface area (Å²) in [5, 5.41) is 14.8. The molecule has 3 N–H and O–H groups in total. The number of hydrogen-bond acceptors (Lipinski definition) is 3. The van der Waals surface area contributed by atoms with Gasteiger partial charge in [-0.05, 0) is 43.5 Å². The smallest absolute Gasteiger partial charge is 0.321 e. The van der Waals surface area contributed by atoms with Crippen LogP contribution in [0.1, 0.15) is 48.9 Å². The Morgan fingerprint density at radius 2 is 1.69 bits per heavy atom. The zero-order chi connectivity index (χ0) is 18.5. The van der Waals surface area contributed by atoms with E-state index in [1.54, 1.807) is 24.3 Å². The number of benzene rings is 1. The number of urea groups is 1. The van der Waals surface area contributed by atoms with Gasteiger partial charge in [-0.3, -0.25) is 9.59 Å². The number of aliphatic carboxylic acids is 1. The van der Waals surface area contributed by atoms with Crippen molar-refractivity contribution in [1.82, 2.24) is 10.2 Å². The minimum atomic E-state index is -0.867. The molecule has 1 atom stereocenters. The summed E-state index contributed by atoms with van der Waals surface area (Å²) in [4.78, 5) is 37.0. The van der Waals surface area contributed by atoms with Gasteiger partial charge in [-0.15, -0.1) is 0 Å². The van der Waals surface area contributed by atoms with Gasteiger partial charge in [-0.1, -0.05) is 19.3 Å². The van der Waals surface area contributed by atoms with E-state index in [4.69, 9.17) is 5.11 Å². The number of rotatable bonds is 4. The molecule has 7 nitrogen and oxygen atoms in total. The molecule has 1 heterocycles. The van der Waals surface area contributed by atoms with Crippen molar-refractivity contribution in [3.63, 3.8) is 0 Å². The van der Waals surface area contributed by atoms with Gasteiger partial charge in [0, 0.05) is 30.4 Å². The fourth-order valence-electron chi connectivity index (χ4n) is 3.57. The molecule has 2 aliphatic rings. The van der Waals surface area contributed by atoms with Crippen LogP contribution in [0.4, 0.5) is 10.5 Å². The van der Waals surface area contributed by atoms with Crippen molar-refractivity contribution >= 4 is 23.6 Å². The van der Waals surface area contributed by atoms with Crippen LogP contribution in [0.25, 0.3) is 0 Å². The molecule has 2 fully saturated rings. The molecule has 1 aliphatic heterocycles. The summed E-state index contributed by atoms with van der Waals surface area (Å²) in [5.74, 6) is -1.45. The van der Waals surface area contributed by atoms with E-state index in [0.717, 1.165) is 25.7 Å². The molecule has 3 amide bonds. The molecule has 26 heavy (non-hydrogen) atoms. The minimum absolute atomic E-state index is 0.0846. The van der Waals surface area contributed by atoms with Crippen molar-refractivity contribution in [3.05, 3.63) is 29.8 Å². The molecule has 3 rings (SSSR count). The number of anilines is 1. The quantitative estimate of drug-likeness (QED) is 0.770. The molecule has 1 unspecified atom stereocenters. The second-order valence-corrected chi connectivity index (χ2v) is 7.09. The number of nitrogens with zero attached hydrogens (tertiary/aromatic N) is 1. The second kappa shape index (κ2) is 8.21. The van der Waals surface area contributed by atoms with Gasteiger partial charge < -0.3 is 20.6 Å². The first-order chi connectivity index (χ1) is 12.5. The number of likely N-dealkylation sites (tertiary alicyclic amines) is 1. The van der Waals surface area contributed by atoms with Crippen LogP contribution in [0.2, 0.25) is 0 Å². The lowest BCUT2D eigenvalue weighted by atomic mass is 9.95. The van der Waals surface area contributed by atoms with Crippen molar-refractivity contribution < 1.29 is 19.5 Å². The van der Waals surface area contributed by atoms with E-state index in [2.05, 4.69) is 10.6 Å². The maximum Gasteiger partial charge on any atom is 0.321 e. The van der Waals surface area contributed by atoms with Crippen molar-refractivity contribution in [2.45, 2.75) is 44.6 Å². The highest BCUT2D eigenvalue weighted by Crippen LogP contribution is 2.19. The summed E-state index contributed by atoms with van der Waals surface area (Å²) in [5.41, 5.74) is 1.16. The van der Waals surface area contributed by atoms with Gasteiger partial charge in [0.25, 0.3) is 5.91 Å². The second-order valence-electron chi connectivity index (χ2n) is 7.09. The maximum atomic E-state index is 12.3. The van der Waals surface area contributed by atoms with Crippen LogP contribution in [0.3, 0.4) is 0 Å². The Kier molecular flexibility index (Phi) is 5.75. The minimum Gasteiger partial charge on any atom is -0.481 e. The van der Waals surface area contributed by atoms with Crippen LogP contribution < -0.4 is 10.6 Å². The standard InChI is InChI=1S/C19H25N3O4/c23-17(20-15-4-2-1-3-5-15)13-6-8-16(9-7-13)21-19(26)22-11-10-14(12-22)18(24)25/h6-9,14-15H,1-5,10-12H2,(H,20,23)(H,21,26)(H,24,25). The first-order valence-electron chi connectivity index (χ1n) is 9.22. The zero-order valence-corrected chi connectivity index (χ0v) is 14.7. The molecule has 1 saturated heterocycles. The van der Waals surface area contributed by atoms with Crippen LogP contribution in [0.5, 0.6) is 0 Å². The van der Waals surface area contributed by atoms with Crippen LogP contribution in [-0.2, 0) is 4.79 Å². The zero-order valence-electron chi connectivity index (χ0n) is 14.7. The van der Waals surface area contributed by atoms with Gasteiger partial charge in [-0.25, -0.2) is 4.79 Å². The van der Waals surface area contributed by atoms with Gasteiger partial charge in [0.15, 0.2) is 0 Å². The molecule has 7 heteroatoms. The first-order valence-corrected chi connectivity index (χ1v) is 9.22. The SMILES string of the molecule is O=C(NC1CCCCC1)c1ccc(NC(=O)N2CCC(C(=O)O)C2)cc1. The van der Waals surface area contributed by atoms with Gasteiger partial charge in [0.1, 0.15) is 0 Å². The molecule has 0 radical (unpaired) electrons. The van der Waals surface area contributed by atoms with Crippen LogP contribution in [0, 0.1) is 5.92 Å². The molecule has 1 aromatic rings. The summed E-state index contributed by atoms with van der Waals surface area (Å²) >= 11 is 0. The number of nitrogens with one attached hydrogen (secondary N) is 2. The number of carboxylic acid groups (broad SMARTS) is 1. The lowest BCUT2D eigenvalue weighted by molar-refractivity contribution is -0.141. The Labute approximate surface area is 152 Å². The van der Waals surface area contributed by atoms with Crippen molar-refractivity contribution in [2.75, 3.05) is 18.4 Å². The van der Waals surface area contributed by atoms with Gasteiger partial charge in [0.05, 0.1) is 5.92 Å². The Bertz CT molecular complexity index is 668. The van der Waals surface area contributed by atoms with E-state index in [0.29, 0.717) is 24.2 Å². The fraction of sp³-hybridized carbons (Fsp3) is 0.526. The van der Waals surface area contributed by atoms with E-state index in [-0.39, 0.29) is 24.5 Å². The highest BCUT2D eigenvalue weighted by molar-refractivity contribution is 5.95. The Balaban J connectivity index is 1.51. The summed E-state index contributed by atoms with van der Waals surface area (Å²) in [7, 11) is 0. The Morgan fingerprint density at radius 3 is 2.31 bits per heavy atom. The highest BCUT2D eigenvalue weighted by Gasteiger charge is 2.30. The largest absolute Gasteiger partial charge is 0.481 e. The van der Waals surface area contributed by atoms with E-state index < -0.39 is 11.9 Å². The molecule has 0 aromatic heterocycles. The third kappa shape index (κ3) is 4.53. The molecule has 0 bridgehead atoms. The van der Waals surface area contributed by atoms with E-state index in [1.165, 1.54) is 11.3 Å². The molecular weight excluding hydrogens is 334 g/mol. The van der Waals surface area contributed by atoms with Crippen LogP contribution in [0.15, 0.2) is 24.3 Å². The highest BCUT2D eigenvalue weighted by atomic mass is 16.4. The summed E-state index contributed by atoms with van der Waals surface area (Å²) in [6.45, 7) is 0.660. The van der Waals surface area contributed by atoms with Gasteiger partial charge in [0.2, 0.25) is 0 Å². The molecule has 1 saturated carbocycles. The third-order valence-corrected chi connectivity index (χ3v) is 5.16. The molecule has 1 aliphatic carbocycles. The maximum absolute atomic E-state index is 12.3. The predicted octanol–water partition coefficient (Wildman–Crippen LogP) is 2.69. The van der Waals surface area contributed by atoms with E-state index in [9.17, 15) is 14.4 Å². The molecular formula is C19H25N3O4. The molecule has 140 valence electrons. The molecule has 0 spiro atoms. The topological polar surface area (TPSA) is 98.7 Å². The van der Waals surface area contributed by atoms with Crippen molar-refractivity contribution in [2.24, 2.45) is 5.92 Å². The predicted molar refractivity (Wildman–Crippen MR) is 97.1 cm³/mol. The average Bonchev–Trinajstić information content (AvgIpc) is 3.14. The van der Waals surface area contributed by atoms with E-state index >= 15 is 0 Å². The van der Waals surface area contributed by atoms with Gasteiger partial charge in [-0.2, -0.15) is 0 Å². The summed E-state index contributed by atoms with van der Waals surface area (Å²) in [6.07, 6.45) is 6.11. The number of hydrogen-bond donors (Lipinski definition) is 3. The monoisotopic (exact) mass is 359 g/mol. The Hall–Kier alpha value is -2.57. The first kappa shape index (κ1) is 18.2. The summed E-state index contributed by atoms with van der Waals surface area (Å²) < 4.78 is 0. The lowest BCUT2D eigenvalue weighted by Crippen LogP contribution is -2.36.